The van der Waals surface area contributed by atoms with Gasteiger partial charge in [-0.3, -0.25) is 0 Å². The Morgan fingerprint density at radius 2 is 1.78 bits per heavy atom. The Labute approximate surface area is 108 Å². The maximum Gasteiger partial charge on any atom is 0.335 e. The summed E-state index contributed by atoms with van der Waals surface area (Å²) in [7, 11) is 0. The van der Waals surface area contributed by atoms with Gasteiger partial charge in [0.15, 0.2) is 0 Å². The van der Waals surface area contributed by atoms with Crippen molar-refractivity contribution in [3.63, 3.8) is 0 Å². The highest BCUT2D eigenvalue weighted by molar-refractivity contribution is 7.17. The number of fused-ring (bicyclic) bond motifs is 1. The second-order valence-corrected chi connectivity index (χ2v) is 4.94. The summed E-state index contributed by atoms with van der Waals surface area (Å²) in [4.78, 5) is 10.8. The summed E-state index contributed by atoms with van der Waals surface area (Å²) in [6.07, 6.45) is 0. The molecule has 0 saturated heterocycles. The molecule has 1 aromatic heterocycles. The van der Waals surface area contributed by atoms with E-state index < -0.39 is 5.97 Å². The number of hydrogen-bond acceptors (Lipinski definition) is 2. The van der Waals surface area contributed by atoms with Crippen LogP contribution in [0.25, 0.3) is 21.2 Å². The summed E-state index contributed by atoms with van der Waals surface area (Å²) in [6, 6.07) is 15.3. The van der Waals surface area contributed by atoms with E-state index in [0.717, 1.165) is 11.1 Å². The number of aromatic carboxylic acids is 1. The second-order valence-electron chi connectivity index (χ2n) is 4.03. The van der Waals surface area contributed by atoms with Crippen molar-refractivity contribution in [3.8, 4) is 11.1 Å². The molecule has 0 atom stereocenters. The van der Waals surface area contributed by atoms with Crippen molar-refractivity contribution in [1.82, 2.24) is 0 Å². The molecule has 88 valence electrons. The zero-order valence-corrected chi connectivity index (χ0v) is 10.3. The molecule has 0 aliphatic rings. The molecule has 2 aromatic carbocycles. The Morgan fingerprint density at radius 3 is 2.50 bits per heavy atom. The van der Waals surface area contributed by atoms with E-state index >= 15 is 0 Å². The first-order chi connectivity index (χ1) is 8.75. The molecular formula is C15H10O2S. The molecule has 3 aromatic rings. The fourth-order valence-electron chi connectivity index (χ4n) is 2.01. The molecule has 2 nitrogen and oxygen atoms in total. The molecule has 0 aliphatic carbocycles. The summed E-state index contributed by atoms with van der Waals surface area (Å²) >= 11 is 1.70. The average molecular weight is 254 g/mol. The Balaban J connectivity index is 2.14. The number of thiophene rings is 1. The van der Waals surface area contributed by atoms with E-state index in [1.807, 2.05) is 18.2 Å². The molecule has 0 spiro atoms. The van der Waals surface area contributed by atoms with E-state index in [-0.39, 0.29) is 0 Å². The summed E-state index contributed by atoms with van der Waals surface area (Å²) in [5.74, 6) is -0.893. The van der Waals surface area contributed by atoms with Gasteiger partial charge in [0, 0.05) is 4.70 Å². The van der Waals surface area contributed by atoms with Crippen LogP contribution in [0.4, 0.5) is 0 Å². The highest BCUT2D eigenvalue weighted by Gasteiger charge is 2.06. The van der Waals surface area contributed by atoms with E-state index in [0.29, 0.717) is 5.56 Å². The van der Waals surface area contributed by atoms with E-state index in [4.69, 9.17) is 5.11 Å². The minimum Gasteiger partial charge on any atom is -0.478 e. The van der Waals surface area contributed by atoms with Gasteiger partial charge in [-0.25, -0.2) is 4.79 Å². The normalized spacial score (nSPS) is 10.7. The third-order valence-electron chi connectivity index (χ3n) is 2.92. The molecule has 0 amide bonds. The highest BCUT2D eigenvalue weighted by Crippen LogP contribution is 2.32. The molecule has 1 N–H and O–H groups in total. The number of carbonyl (C=O) groups is 1. The molecule has 0 aliphatic heterocycles. The van der Waals surface area contributed by atoms with Crippen LogP contribution in [0.5, 0.6) is 0 Å². The predicted octanol–water partition coefficient (Wildman–Crippen LogP) is 4.27. The number of rotatable bonds is 2. The lowest BCUT2D eigenvalue weighted by atomic mass is 10.0. The first-order valence-corrected chi connectivity index (χ1v) is 6.43. The Morgan fingerprint density at radius 1 is 1.00 bits per heavy atom. The van der Waals surface area contributed by atoms with Crippen LogP contribution in [-0.4, -0.2) is 11.1 Å². The van der Waals surface area contributed by atoms with Gasteiger partial charge in [0.05, 0.1) is 5.56 Å². The molecule has 0 bridgehead atoms. The molecule has 0 unspecified atom stereocenters. The van der Waals surface area contributed by atoms with Gasteiger partial charge in [-0.1, -0.05) is 30.3 Å². The molecule has 0 radical (unpaired) electrons. The summed E-state index contributed by atoms with van der Waals surface area (Å²) in [6.45, 7) is 0. The summed E-state index contributed by atoms with van der Waals surface area (Å²) < 4.78 is 1.24. The molecule has 0 saturated carbocycles. The maximum atomic E-state index is 10.8. The third kappa shape index (κ3) is 1.79. The molecule has 18 heavy (non-hydrogen) atoms. The minimum absolute atomic E-state index is 0.317. The van der Waals surface area contributed by atoms with Crippen LogP contribution in [0.1, 0.15) is 10.4 Å². The standard InChI is InChI=1S/C15H10O2S/c16-15(17)12-6-4-10(5-7-12)13-3-1-2-11-8-9-18-14(11)13/h1-9H,(H,16,17). The quantitative estimate of drug-likeness (QED) is 0.741. The highest BCUT2D eigenvalue weighted by atomic mass is 32.1. The van der Waals surface area contributed by atoms with Gasteiger partial charge in [0.1, 0.15) is 0 Å². The molecule has 3 rings (SSSR count). The fraction of sp³-hybridized carbons (Fsp3) is 0. The molecule has 3 heteroatoms. The van der Waals surface area contributed by atoms with Crippen LogP contribution in [0, 0.1) is 0 Å². The first-order valence-electron chi connectivity index (χ1n) is 5.55. The van der Waals surface area contributed by atoms with Crippen molar-refractivity contribution in [2.24, 2.45) is 0 Å². The predicted molar refractivity (Wildman–Crippen MR) is 74.2 cm³/mol. The molecular weight excluding hydrogens is 244 g/mol. The van der Waals surface area contributed by atoms with Crippen LogP contribution in [-0.2, 0) is 0 Å². The number of carboxylic acids is 1. The molecule has 0 fully saturated rings. The van der Waals surface area contributed by atoms with Gasteiger partial charge in [-0.05, 0) is 40.1 Å². The van der Waals surface area contributed by atoms with Crippen molar-refractivity contribution in [3.05, 3.63) is 59.5 Å². The van der Waals surface area contributed by atoms with Gasteiger partial charge in [0.2, 0.25) is 0 Å². The summed E-state index contributed by atoms with van der Waals surface area (Å²) in [5, 5.41) is 12.2. The summed E-state index contributed by atoms with van der Waals surface area (Å²) in [5.41, 5.74) is 2.52. The van der Waals surface area contributed by atoms with Crippen LogP contribution >= 0.6 is 11.3 Å². The maximum absolute atomic E-state index is 10.8. The SMILES string of the molecule is O=C(O)c1ccc(-c2cccc3ccsc23)cc1. The van der Waals surface area contributed by atoms with Gasteiger partial charge < -0.3 is 5.11 Å². The second kappa shape index (κ2) is 4.27. The van der Waals surface area contributed by atoms with E-state index in [9.17, 15) is 4.79 Å². The Kier molecular flexibility index (Phi) is 2.61. The van der Waals surface area contributed by atoms with Crippen LogP contribution in [0.15, 0.2) is 53.9 Å². The monoisotopic (exact) mass is 254 g/mol. The minimum atomic E-state index is -0.893. The van der Waals surface area contributed by atoms with Crippen molar-refractivity contribution < 1.29 is 9.90 Å². The third-order valence-corrected chi connectivity index (χ3v) is 3.89. The zero-order chi connectivity index (χ0) is 12.5. The van der Waals surface area contributed by atoms with Gasteiger partial charge in [-0.2, -0.15) is 0 Å². The Hall–Kier alpha value is -2.13. The van der Waals surface area contributed by atoms with Gasteiger partial charge in [0.25, 0.3) is 0 Å². The lowest BCUT2D eigenvalue weighted by molar-refractivity contribution is 0.0697. The van der Waals surface area contributed by atoms with Gasteiger partial charge >= 0.3 is 5.97 Å². The van der Waals surface area contributed by atoms with Gasteiger partial charge in [-0.15, -0.1) is 11.3 Å². The zero-order valence-electron chi connectivity index (χ0n) is 9.46. The topological polar surface area (TPSA) is 37.3 Å². The lowest BCUT2D eigenvalue weighted by Crippen LogP contribution is -1.94. The Bertz CT molecular complexity index is 711. The van der Waals surface area contributed by atoms with Crippen molar-refractivity contribution >= 4 is 27.4 Å². The smallest absolute Gasteiger partial charge is 0.335 e. The molecule has 1 heterocycles. The first kappa shape index (κ1) is 11.0. The average Bonchev–Trinajstić information content (AvgIpc) is 2.87. The lowest BCUT2D eigenvalue weighted by Gasteiger charge is -2.04. The number of carboxylic acid groups (broad SMARTS) is 1. The van der Waals surface area contributed by atoms with E-state index in [2.05, 4.69) is 23.6 Å². The van der Waals surface area contributed by atoms with Crippen LogP contribution in [0.2, 0.25) is 0 Å². The number of benzene rings is 2. The number of hydrogen-bond donors (Lipinski definition) is 1. The van der Waals surface area contributed by atoms with Crippen molar-refractivity contribution in [2.75, 3.05) is 0 Å². The van der Waals surface area contributed by atoms with Crippen molar-refractivity contribution in [2.45, 2.75) is 0 Å². The van der Waals surface area contributed by atoms with Crippen LogP contribution < -0.4 is 0 Å². The largest absolute Gasteiger partial charge is 0.478 e. The van der Waals surface area contributed by atoms with E-state index in [1.165, 1.54) is 10.1 Å². The van der Waals surface area contributed by atoms with E-state index in [1.54, 1.807) is 23.5 Å². The van der Waals surface area contributed by atoms with Crippen molar-refractivity contribution in [1.29, 1.82) is 0 Å². The van der Waals surface area contributed by atoms with Crippen LogP contribution in [0.3, 0.4) is 0 Å². The fourth-order valence-corrected chi connectivity index (χ4v) is 2.95.